The van der Waals surface area contributed by atoms with Crippen LogP contribution in [0.15, 0.2) is 73.1 Å². The topological polar surface area (TPSA) is 144 Å². The van der Waals surface area contributed by atoms with Crippen molar-refractivity contribution in [3.05, 3.63) is 113 Å². The minimum absolute atomic E-state index is 0.0682. The van der Waals surface area contributed by atoms with Crippen LogP contribution >= 0.6 is 0 Å². The van der Waals surface area contributed by atoms with Crippen molar-refractivity contribution in [3.63, 3.8) is 0 Å². The van der Waals surface area contributed by atoms with Crippen LogP contribution in [-0.2, 0) is 31.1 Å². The third-order valence-electron chi connectivity index (χ3n) is 13.8. The molecule has 66 heavy (non-hydrogen) atoms. The summed E-state index contributed by atoms with van der Waals surface area (Å²) in [6.07, 6.45) is 6.14. The highest BCUT2D eigenvalue weighted by Crippen LogP contribution is 2.48. The van der Waals surface area contributed by atoms with Gasteiger partial charge in [-0.05, 0) is 122 Å². The number of likely N-dealkylation sites (tertiary alicyclic amines) is 1. The van der Waals surface area contributed by atoms with E-state index in [0.717, 1.165) is 0 Å². The third-order valence-corrected chi connectivity index (χ3v) is 13.8. The van der Waals surface area contributed by atoms with Crippen molar-refractivity contribution in [1.29, 1.82) is 0 Å². The summed E-state index contributed by atoms with van der Waals surface area (Å²) in [7, 11) is 3.21. The first-order valence-electron chi connectivity index (χ1n) is 22.6. The summed E-state index contributed by atoms with van der Waals surface area (Å²) in [5.41, 5.74) is 3.05. The van der Waals surface area contributed by atoms with Gasteiger partial charge < -0.3 is 19.7 Å². The third kappa shape index (κ3) is 8.20. The Morgan fingerprint density at radius 3 is 2.47 bits per heavy atom. The van der Waals surface area contributed by atoms with Gasteiger partial charge in [-0.3, -0.25) is 38.9 Å². The molecule has 4 aliphatic rings. The van der Waals surface area contributed by atoms with E-state index in [2.05, 4.69) is 15.4 Å². The van der Waals surface area contributed by atoms with E-state index in [9.17, 15) is 24.0 Å². The molecule has 344 valence electrons. The second-order valence-corrected chi connectivity index (χ2v) is 18.6. The molecule has 2 N–H and O–H groups in total. The summed E-state index contributed by atoms with van der Waals surface area (Å²) in [5, 5.41) is 6.93. The maximum Gasteiger partial charge on any atom is 0.269 e. The Kier molecular flexibility index (Phi) is 12.0. The first-order chi connectivity index (χ1) is 31.6. The van der Waals surface area contributed by atoms with E-state index in [1.165, 1.54) is 15.9 Å². The minimum Gasteiger partial charge on any atom is -0.348 e. The average molecular weight is 903 g/mol. The zero-order valence-electron chi connectivity index (χ0n) is 37.5. The van der Waals surface area contributed by atoms with Crippen LogP contribution in [-0.4, -0.2) is 112 Å². The number of fused-ring (bicyclic) bond motifs is 2. The summed E-state index contributed by atoms with van der Waals surface area (Å²) in [6.45, 7) is 5.66. The summed E-state index contributed by atoms with van der Waals surface area (Å²) in [4.78, 5) is 74.4. The SMILES string of the molecule is CN(C)C(=O)c1cc2c(-c3ccc(C4CCN(CC(F)c5cccc6c5C(C)(C)C(=O)N6C5CCC(=O)NC5=O)CC4)c(F)c3)cc(C3=CCCN(C(=O)CCn4cccn4)C3)c(F)c2[nH]1. The average Bonchev–Trinajstić information content (AvgIpc) is 4.04. The molecule has 0 aliphatic carbocycles. The van der Waals surface area contributed by atoms with Crippen LogP contribution in [0.4, 0.5) is 18.9 Å². The molecule has 5 amide bonds. The fraction of sp³-hybridized carbons (Fsp3) is 0.400. The lowest BCUT2D eigenvalue weighted by atomic mass is 9.81. The molecule has 2 unspecified atom stereocenters. The van der Waals surface area contributed by atoms with Gasteiger partial charge >= 0.3 is 0 Å². The molecule has 0 bridgehead atoms. The number of aromatic nitrogens is 3. The van der Waals surface area contributed by atoms with E-state index in [-0.39, 0.29) is 78.7 Å². The van der Waals surface area contributed by atoms with E-state index in [1.807, 2.05) is 17.0 Å². The molecule has 0 spiro atoms. The molecule has 3 aromatic carbocycles. The number of benzene rings is 3. The predicted octanol–water partition coefficient (Wildman–Crippen LogP) is 7.04. The number of hydrogen-bond donors (Lipinski definition) is 2. The number of imide groups is 1. The smallest absolute Gasteiger partial charge is 0.269 e. The van der Waals surface area contributed by atoms with Gasteiger partial charge in [0.15, 0.2) is 5.82 Å². The molecule has 13 nitrogen and oxygen atoms in total. The zero-order valence-corrected chi connectivity index (χ0v) is 37.5. The van der Waals surface area contributed by atoms with Crippen LogP contribution in [0.5, 0.6) is 0 Å². The number of nitrogens with zero attached hydrogens (tertiary/aromatic N) is 6. The molecular formula is C50H53F3N8O5. The molecule has 2 aromatic heterocycles. The Morgan fingerprint density at radius 1 is 0.970 bits per heavy atom. The van der Waals surface area contributed by atoms with Gasteiger partial charge in [-0.15, -0.1) is 0 Å². The number of carbonyl (C=O) groups excluding carboxylic acids is 5. The second-order valence-electron chi connectivity index (χ2n) is 18.6. The first kappa shape index (κ1) is 44.6. The number of carbonyl (C=O) groups is 5. The Morgan fingerprint density at radius 2 is 1.76 bits per heavy atom. The molecule has 2 saturated heterocycles. The van der Waals surface area contributed by atoms with Gasteiger partial charge in [-0.25, -0.2) is 13.2 Å². The van der Waals surface area contributed by atoms with Gasteiger partial charge in [0.25, 0.3) is 5.91 Å². The van der Waals surface area contributed by atoms with Crippen molar-refractivity contribution in [1.82, 2.24) is 34.8 Å². The van der Waals surface area contributed by atoms with E-state index in [4.69, 9.17) is 0 Å². The van der Waals surface area contributed by atoms with Crippen LogP contribution < -0.4 is 10.2 Å². The normalized spacial score (nSPS) is 19.5. The number of anilines is 1. The standard InChI is InChI=1S/C50H53F3N8O5/c1-50(2)44-33(9-5-10-40(44)61(49(50)66)41-13-14-42(62)56-47(41)64)38(52)28-58-21-15-29(16-22-58)32-12-11-30(24-37(32)51)34-25-35(45(53)46-36(34)26-39(55-46)48(65)57(3)4)31-8-6-19-59(27-31)43(63)17-23-60-20-7-18-54-60/h5,7-12,18,20,24-26,29,38,41,55H,6,13-17,19,21-23,27-28H2,1-4H3,(H,56,62,64). The lowest BCUT2D eigenvalue weighted by molar-refractivity contribution is -0.136. The van der Waals surface area contributed by atoms with Gasteiger partial charge in [-0.2, -0.15) is 5.10 Å². The minimum atomic E-state index is -1.44. The molecule has 9 rings (SSSR count). The summed E-state index contributed by atoms with van der Waals surface area (Å²) >= 11 is 0. The van der Waals surface area contributed by atoms with E-state index in [0.29, 0.717) is 89.9 Å². The van der Waals surface area contributed by atoms with Gasteiger partial charge in [-0.1, -0.05) is 30.3 Å². The molecule has 4 aliphatic heterocycles. The second kappa shape index (κ2) is 17.7. The van der Waals surface area contributed by atoms with Crippen molar-refractivity contribution in [2.45, 2.75) is 82.5 Å². The first-order valence-corrected chi connectivity index (χ1v) is 22.6. The number of hydrogen-bond acceptors (Lipinski definition) is 7. The Bertz CT molecular complexity index is 2790. The molecule has 2 fully saturated rings. The predicted molar refractivity (Wildman–Crippen MR) is 243 cm³/mol. The molecule has 2 atom stereocenters. The fourth-order valence-corrected chi connectivity index (χ4v) is 10.3. The molecular weight excluding hydrogens is 850 g/mol. The maximum atomic E-state index is 16.6. The quantitative estimate of drug-likeness (QED) is 0.136. The Labute approximate surface area is 380 Å². The molecule has 0 radical (unpaired) electrons. The Balaban J connectivity index is 0.923. The maximum absolute atomic E-state index is 16.6. The number of aryl methyl sites for hydroxylation is 1. The van der Waals surface area contributed by atoms with Gasteiger partial charge in [0, 0.05) is 82.1 Å². The number of alkyl halides is 1. The fourth-order valence-electron chi connectivity index (χ4n) is 10.3. The van der Waals surface area contributed by atoms with Crippen molar-refractivity contribution in [2.24, 2.45) is 0 Å². The van der Waals surface area contributed by atoms with Gasteiger partial charge in [0.2, 0.25) is 23.6 Å². The van der Waals surface area contributed by atoms with Crippen LogP contribution in [0.25, 0.3) is 27.6 Å². The van der Waals surface area contributed by atoms with Crippen LogP contribution in [0, 0.1) is 11.6 Å². The number of aromatic amines is 1. The van der Waals surface area contributed by atoms with E-state index in [1.54, 1.807) is 92.4 Å². The number of piperidine rings is 2. The highest BCUT2D eigenvalue weighted by Gasteiger charge is 2.50. The van der Waals surface area contributed by atoms with Crippen molar-refractivity contribution >= 4 is 51.7 Å². The lowest BCUT2D eigenvalue weighted by Crippen LogP contribution is -2.55. The summed E-state index contributed by atoms with van der Waals surface area (Å²) in [6, 6.07) is 14.4. The highest BCUT2D eigenvalue weighted by atomic mass is 19.1. The number of H-pyrrole nitrogens is 1. The van der Waals surface area contributed by atoms with Gasteiger partial charge in [0.05, 0.1) is 10.9 Å². The van der Waals surface area contributed by atoms with Crippen LogP contribution in [0.3, 0.4) is 0 Å². The number of rotatable bonds is 11. The van der Waals surface area contributed by atoms with E-state index >= 15 is 13.2 Å². The summed E-state index contributed by atoms with van der Waals surface area (Å²) in [5.74, 6) is -2.80. The molecule has 6 heterocycles. The van der Waals surface area contributed by atoms with E-state index < -0.39 is 35.2 Å². The number of halogens is 3. The monoisotopic (exact) mass is 902 g/mol. The van der Waals surface area contributed by atoms with Crippen LogP contribution in [0.1, 0.15) is 97.2 Å². The molecule has 16 heteroatoms. The lowest BCUT2D eigenvalue weighted by Gasteiger charge is -2.33. The molecule has 0 saturated carbocycles. The molecule has 5 aromatic rings. The van der Waals surface area contributed by atoms with Crippen molar-refractivity contribution in [2.75, 3.05) is 51.7 Å². The Hall–Kier alpha value is -6.55. The number of amides is 5. The largest absolute Gasteiger partial charge is 0.348 e. The van der Waals surface area contributed by atoms with Crippen molar-refractivity contribution < 1.29 is 37.1 Å². The van der Waals surface area contributed by atoms with Gasteiger partial charge in [0.1, 0.15) is 23.7 Å². The highest BCUT2D eigenvalue weighted by molar-refractivity contribution is 6.14. The van der Waals surface area contributed by atoms with Crippen LogP contribution in [0.2, 0.25) is 0 Å². The van der Waals surface area contributed by atoms with Crippen molar-refractivity contribution in [3.8, 4) is 11.1 Å². The number of nitrogens with one attached hydrogen (secondary N) is 2. The zero-order chi connectivity index (χ0) is 46.6. The summed E-state index contributed by atoms with van der Waals surface area (Å²) < 4.78 is 51.3.